The number of ether oxygens (including phenoxy) is 3. The van der Waals surface area contributed by atoms with Gasteiger partial charge in [-0.25, -0.2) is 14.4 Å². The zero-order valence-corrected chi connectivity index (χ0v) is 20.0. The fraction of sp³-hybridized carbons (Fsp3) is 0.500. The van der Waals surface area contributed by atoms with Gasteiger partial charge in [-0.2, -0.15) is 0 Å². The predicted molar refractivity (Wildman–Crippen MR) is 124 cm³/mol. The van der Waals surface area contributed by atoms with Crippen molar-refractivity contribution in [2.24, 2.45) is 5.92 Å². The number of amides is 3. The Balaban J connectivity index is 2.10. The first kappa shape index (κ1) is 26.7. The number of benzene rings is 1. The molecular formula is C24H33N3O7. The van der Waals surface area contributed by atoms with E-state index < -0.39 is 41.7 Å². The molecule has 1 aromatic rings. The van der Waals surface area contributed by atoms with E-state index in [-0.39, 0.29) is 25.6 Å². The van der Waals surface area contributed by atoms with E-state index in [2.05, 4.69) is 17.2 Å². The van der Waals surface area contributed by atoms with Gasteiger partial charge in [-0.05, 0) is 38.7 Å². The van der Waals surface area contributed by atoms with Crippen LogP contribution in [0.15, 0.2) is 43.0 Å². The van der Waals surface area contributed by atoms with E-state index in [1.807, 2.05) is 18.2 Å². The third-order valence-electron chi connectivity index (χ3n) is 5.08. The monoisotopic (exact) mass is 475 g/mol. The molecule has 0 radical (unpaired) electrons. The number of methoxy groups -OCH3 is 1. The Kier molecular flexibility index (Phi) is 9.47. The minimum atomic E-state index is -1.20. The highest BCUT2D eigenvalue weighted by Gasteiger charge is 2.42. The Bertz CT molecular complexity index is 882. The van der Waals surface area contributed by atoms with Crippen LogP contribution < -0.4 is 10.6 Å². The molecule has 2 N–H and O–H groups in total. The standard InChI is InChI=1S/C24H33N3O7/c1-6-16-12-19(21(29)32-5)27(14-16)20(28)18(26-23(31)34-24(2,3)4)13-25-22(30)33-15-17-10-8-7-9-11-17/h6-11,16,18-19H,1,12-15H2,2-5H3,(H,25,30)(H,26,31)/t16?,18-,19-/m0/s1. The maximum absolute atomic E-state index is 13.4. The van der Waals surface area contributed by atoms with Crippen molar-refractivity contribution in [3.05, 3.63) is 48.6 Å². The highest BCUT2D eigenvalue weighted by molar-refractivity contribution is 5.91. The summed E-state index contributed by atoms with van der Waals surface area (Å²) < 4.78 is 15.3. The number of rotatable bonds is 8. The summed E-state index contributed by atoms with van der Waals surface area (Å²) in [6.45, 7) is 8.80. The fourth-order valence-corrected chi connectivity index (χ4v) is 3.45. The number of nitrogens with zero attached hydrogens (tertiary/aromatic N) is 1. The number of nitrogens with one attached hydrogen (secondary N) is 2. The lowest BCUT2D eigenvalue weighted by Gasteiger charge is -2.29. The summed E-state index contributed by atoms with van der Waals surface area (Å²) in [5, 5.41) is 4.98. The van der Waals surface area contributed by atoms with Gasteiger partial charge in [-0.3, -0.25) is 4.79 Å². The van der Waals surface area contributed by atoms with E-state index in [0.29, 0.717) is 6.42 Å². The van der Waals surface area contributed by atoms with Crippen LogP contribution in [0.5, 0.6) is 0 Å². The molecule has 0 spiro atoms. The molecular weight excluding hydrogens is 442 g/mol. The molecule has 3 amide bonds. The smallest absolute Gasteiger partial charge is 0.408 e. The Morgan fingerprint density at radius 2 is 1.85 bits per heavy atom. The molecule has 1 heterocycles. The van der Waals surface area contributed by atoms with Crippen LogP contribution in [0.3, 0.4) is 0 Å². The first-order chi connectivity index (χ1) is 16.0. The molecule has 186 valence electrons. The number of likely N-dealkylation sites (tertiary alicyclic amines) is 1. The molecule has 1 aliphatic heterocycles. The van der Waals surface area contributed by atoms with Gasteiger partial charge >= 0.3 is 18.2 Å². The van der Waals surface area contributed by atoms with Gasteiger partial charge in [0, 0.05) is 6.54 Å². The minimum Gasteiger partial charge on any atom is -0.467 e. The van der Waals surface area contributed by atoms with Gasteiger partial charge < -0.3 is 29.7 Å². The maximum atomic E-state index is 13.4. The highest BCUT2D eigenvalue weighted by atomic mass is 16.6. The topological polar surface area (TPSA) is 123 Å². The molecule has 2 rings (SSSR count). The zero-order chi connectivity index (χ0) is 25.3. The molecule has 0 aromatic heterocycles. The average molecular weight is 476 g/mol. The van der Waals surface area contributed by atoms with Gasteiger partial charge in [-0.15, -0.1) is 6.58 Å². The average Bonchev–Trinajstić information content (AvgIpc) is 3.23. The van der Waals surface area contributed by atoms with E-state index in [0.717, 1.165) is 5.56 Å². The number of carbonyl (C=O) groups excluding carboxylic acids is 4. The van der Waals surface area contributed by atoms with Crippen LogP contribution in [0.25, 0.3) is 0 Å². The predicted octanol–water partition coefficient (Wildman–Crippen LogP) is 2.38. The fourth-order valence-electron chi connectivity index (χ4n) is 3.45. The maximum Gasteiger partial charge on any atom is 0.408 e. The van der Waals surface area contributed by atoms with Crippen LogP contribution in [0.4, 0.5) is 9.59 Å². The van der Waals surface area contributed by atoms with E-state index in [4.69, 9.17) is 14.2 Å². The van der Waals surface area contributed by atoms with Crippen LogP contribution in [0.1, 0.15) is 32.8 Å². The third-order valence-corrected chi connectivity index (χ3v) is 5.08. The molecule has 0 bridgehead atoms. The van der Waals surface area contributed by atoms with Crippen molar-refractivity contribution >= 4 is 24.1 Å². The van der Waals surface area contributed by atoms with Crippen LogP contribution in [-0.4, -0.2) is 66.8 Å². The number of esters is 1. The molecule has 10 heteroatoms. The van der Waals surface area contributed by atoms with Gasteiger partial charge in [0.25, 0.3) is 0 Å². The number of alkyl carbamates (subject to hydrolysis) is 2. The molecule has 10 nitrogen and oxygen atoms in total. The van der Waals surface area contributed by atoms with Crippen LogP contribution >= 0.6 is 0 Å². The molecule has 1 unspecified atom stereocenters. The molecule has 1 aliphatic rings. The summed E-state index contributed by atoms with van der Waals surface area (Å²) in [7, 11) is 1.24. The minimum absolute atomic E-state index is 0.0440. The Labute approximate surface area is 199 Å². The lowest BCUT2D eigenvalue weighted by molar-refractivity contribution is -0.151. The number of carbonyl (C=O) groups is 4. The molecule has 1 fully saturated rings. The summed E-state index contributed by atoms with van der Waals surface area (Å²) in [6, 6.07) is 7.07. The zero-order valence-electron chi connectivity index (χ0n) is 20.0. The summed E-state index contributed by atoms with van der Waals surface area (Å²) in [6.07, 6.45) is 0.425. The van der Waals surface area contributed by atoms with E-state index in [9.17, 15) is 19.2 Å². The van der Waals surface area contributed by atoms with Crippen molar-refractivity contribution in [2.75, 3.05) is 20.2 Å². The second-order valence-electron chi connectivity index (χ2n) is 8.90. The molecule has 3 atom stereocenters. The van der Waals surface area contributed by atoms with E-state index in [1.54, 1.807) is 39.0 Å². The van der Waals surface area contributed by atoms with E-state index >= 15 is 0 Å². The molecule has 1 saturated heterocycles. The Morgan fingerprint density at radius 3 is 2.44 bits per heavy atom. The highest BCUT2D eigenvalue weighted by Crippen LogP contribution is 2.25. The van der Waals surface area contributed by atoms with Crippen molar-refractivity contribution in [1.29, 1.82) is 0 Å². The van der Waals surface area contributed by atoms with E-state index in [1.165, 1.54) is 12.0 Å². The first-order valence-corrected chi connectivity index (χ1v) is 11.0. The van der Waals surface area contributed by atoms with Gasteiger partial charge in [0.05, 0.1) is 13.7 Å². The Morgan fingerprint density at radius 1 is 1.18 bits per heavy atom. The van der Waals surface area contributed by atoms with Crippen LogP contribution in [0, 0.1) is 5.92 Å². The SMILES string of the molecule is C=CC1C[C@@H](C(=O)OC)N(C(=O)[C@H](CNC(=O)OCc2ccccc2)NC(=O)OC(C)(C)C)C1. The normalized spacial score (nSPS) is 18.4. The van der Waals surface area contributed by atoms with Gasteiger partial charge in [0.15, 0.2) is 0 Å². The second kappa shape index (κ2) is 12.1. The lowest BCUT2D eigenvalue weighted by atomic mass is 10.1. The lowest BCUT2D eigenvalue weighted by Crippen LogP contribution is -2.56. The van der Waals surface area contributed by atoms with Crippen molar-refractivity contribution in [1.82, 2.24) is 15.5 Å². The largest absolute Gasteiger partial charge is 0.467 e. The molecule has 0 aliphatic carbocycles. The molecule has 34 heavy (non-hydrogen) atoms. The number of hydrogen-bond donors (Lipinski definition) is 2. The van der Waals surface area contributed by atoms with Crippen molar-refractivity contribution in [3.8, 4) is 0 Å². The molecule has 1 aromatic carbocycles. The van der Waals surface area contributed by atoms with Gasteiger partial charge in [-0.1, -0.05) is 36.4 Å². The summed E-state index contributed by atoms with van der Waals surface area (Å²) in [4.78, 5) is 51.5. The molecule has 0 saturated carbocycles. The quantitative estimate of drug-likeness (QED) is 0.336. The van der Waals surface area contributed by atoms with Crippen molar-refractivity contribution in [3.63, 3.8) is 0 Å². The van der Waals surface area contributed by atoms with Crippen molar-refractivity contribution < 1.29 is 33.4 Å². The van der Waals surface area contributed by atoms with Crippen molar-refractivity contribution in [2.45, 2.75) is 51.5 Å². The summed E-state index contributed by atoms with van der Waals surface area (Å²) in [5.41, 5.74) is 0.00108. The van der Waals surface area contributed by atoms with Crippen LogP contribution in [0.2, 0.25) is 0 Å². The summed E-state index contributed by atoms with van der Waals surface area (Å²) in [5.74, 6) is -1.24. The third kappa shape index (κ3) is 8.09. The Hall–Kier alpha value is -3.56. The van der Waals surface area contributed by atoms with Crippen LogP contribution in [-0.2, 0) is 30.4 Å². The van der Waals surface area contributed by atoms with Gasteiger partial charge in [0.2, 0.25) is 5.91 Å². The van der Waals surface area contributed by atoms with Gasteiger partial charge in [0.1, 0.15) is 24.3 Å². The first-order valence-electron chi connectivity index (χ1n) is 11.0. The number of hydrogen-bond acceptors (Lipinski definition) is 7. The second-order valence-corrected chi connectivity index (χ2v) is 8.90. The summed E-state index contributed by atoms with van der Waals surface area (Å²) >= 11 is 0.